The van der Waals surface area contributed by atoms with E-state index in [1.165, 1.54) is 148 Å². The molecule has 3 heterocycles. The Morgan fingerprint density at radius 1 is 0.439 bits per heavy atom. The molecule has 0 spiro atoms. The van der Waals surface area contributed by atoms with Gasteiger partial charge in [0.05, 0.1) is 38.6 Å². The Labute approximate surface area is 491 Å². The molecule has 3 aliphatic heterocycles. The molecule has 3 fully saturated rings. The van der Waals surface area contributed by atoms with Crippen molar-refractivity contribution >= 4 is 5.91 Å². The summed E-state index contributed by atoms with van der Waals surface area (Å²) in [6.07, 6.45) is 24.1. The molecule has 3 rings (SSSR count). The molecular weight excluding hydrogens is 1060 g/mol. The Hall–Kier alpha value is -1.99. The van der Waals surface area contributed by atoms with E-state index in [0.29, 0.717) is 6.42 Å². The van der Waals surface area contributed by atoms with Gasteiger partial charge in [0.2, 0.25) is 5.91 Å². The number of amides is 1. The van der Waals surface area contributed by atoms with Gasteiger partial charge in [0, 0.05) is 6.42 Å². The van der Waals surface area contributed by atoms with Gasteiger partial charge in [-0.3, -0.25) is 4.79 Å². The summed E-state index contributed by atoms with van der Waals surface area (Å²) in [7, 11) is 0. The predicted octanol–water partition coefficient (Wildman–Crippen LogP) is 6.88. The first-order valence-corrected chi connectivity index (χ1v) is 32.2. The summed E-state index contributed by atoms with van der Waals surface area (Å²) in [5.41, 5.74) is 0. The smallest absolute Gasteiger partial charge is 0.220 e. The summed E-state index contributed by atoms with van der Waals surface area (Å²) < 4.78 is 34.3. The molecule has 0 bridgehead atoms. The highest BCUT2D eigenvalue weighted by Crippen LogP contribution is 2.33. The molecule has 82 heavy (non-hydrogen) atoms. The second kappa shape index (κ2) is 46.2. The van der Waals surface area contributed by atoms with Crippen LogP contribution in [0.25, 0.3) is 0 Å². The van der Waals surface area contributed by atoms with Crippen molar-refractivity contribution in [1.82, 2.24) is 5.32 Å². The lowest BCUT2D eigenvalue weighted by atomic mass is 9.96. The molecule has 19 nitrogen and oxygen atoms in total. The summed E-state index contributed by atoms with van der Waals surface area (Å²) in [6.45, 7) is 1.70. The Morgan fingerprint density at radius 3 is 1.24 bits per heavy atom. The fourth-order valence-electron chi connectivity index (χ4n) is 10.9. The van der Waals surface area contributed by atoms with E-state index in [9.17, 15) is 61.0 Å². The number of rotatable bonds is 48. The summed E-state index contributed by atoms with van der Waals surface area (Å²) in [6, 6.07) is -0.971. The molecule has 19 heteroatoms. The van der Waals surface area contributed by atoms with Crippen molar-refractivity contribution in [3.63, 3.8) is 0 Å². The zero-order valence-corrected chi connectivity index (χ0v) is 50.2. The van der Waals surface area contributed by atoms with Crippen molar-refractivity contribution in [3.8, 4) is 0 Å². The Bertz CT molecular complexity index is 1640. The highest BCUT2D eigenvalue weighted by Gasteiger charge is 2.53. The number of aliphatic hydroxyl groups excluding tert-OH is 11. The predicted molar refractivity (Wildman–Crippen MR) is 314 cm³/mol. The van der Waals surface area contributed by atoms with Gasteiger partial charge < -0.3 is 89.9 Å². The maximum atomic E-state index is 13.3. The Morgan fingerprint density at radius 2 is 0.805 bits per heavy atom. The second-order valence-electron chi connectivity index (χ2n) is 23.2. The lowest BCUT2D eigenvalue weighted by molar-refractivity contribution is -0.379. The van der Waals surface area contributed by atoms with Crippen LogP contribution in [0.4, 0.5) is 0 Å². The molecule has 17 unspecified atom stereocenters. The first-order valence-electron chi connectivity index (χ1n) is 32.2. The third kappa shape index (κ3) is 29.1. The molecule has 0 radical (unpaired) electrons. The average molecular weight is 1170 g/mol. The molecule has 1 amide bonds. The quantitative estimate of drug-likeness (QED) is 0.0218. The van der Waals surface area contributed by atoms with Crippen molar-refractivity contribution < 1.29 is 89.4 Å². The van der Waals surface area contributed by atoms with Crippen LogP contribution >= 0.6 is 0 Å². The van der Waals surface area contributed by atoms with E-state index < -0.39 is 124 Å². The molecular formula is C63H115NO18. The lowest BCUT2D eigenvalue weighted by Crippen LogP contribution is -2.66. The summed E-state index contributed by atoms with van der Waals surface area (Å²) in [5.74, 6) is -0.277. The van der Waals surface area contributed by atoms with Crippen LogP contribution in [0.5, 0.6) is 0 Å². The van der Waals surface area contributed by atoms with Gasteiger partial charge in [0.25, 0.3) is 0 Å². The molecule has 0 aromatic heterocycles. The number of allylic oxidation sites excluding steroid dienone is 5. The van der Waals surface area contributed by atoms with Crippen LogP contribution in [0.1, 0.15) is 226 Å². The number of carbonyl (C=O) groups is 1. The van der Waals surface area contributed by atoms with E-state index in [1.54, 1.807) is 6.08 Å². The van der Waals surface area contributed by atoms with Gasteiger partial charge in [-0.1, -0.05) is 204 Å². The fourth-order valence-corrected chi connectivity index (χ4v) is 10.9. The number of aliphatic hydroxyl groups is 11. The molecule has 0 aromatic rings. The van der Waals surface area contributed by atoms with Crippen molar-refractivity contribution in [2.24, 2.45) is 0 Å². The van der Waals surface area contributed by atoms with Crippen LogP contribution in [0.15, 0.2) is 36.5 Å². The van der Waals surface area contributed by atoms with E-state index in [2.05, 4.69) is 43.5 Å². The third-order valence-corrected chi connectivity index (χ3v) is 16.2. The molecule has 0 saturated carbocycles. The summed E-state index contributed by atoms with van der Waals surface area (Å²) in [5, 5.41) is 120. The topological polar surface area (TPSA) is 307 Å². The van der Waals surface area contributed by atoms with Gasteiger partial charge in [-0.05, 0) is 51.4 Å². The number of carbonyl (C=O) groups excluding carboxylic acids is 1. The van der Waals surface area contributed by atoms with Gasteiger partial charge in [0.15, 0.2) is 18.9 Å². The minimum atomic E-state index is -1.98. The Balaban J connectivity index is 1.43. The normalized spacial score (nSPS) is 29.8. The van der Waals surface area contributed by atoms with E-state index >= 15 is 0 Å². The maximum Gasteiger partial charge on any atom is 0.220 e. The van der Waals surface area contributed by atoms with Crippen molar-refractivity contribution in [3.05, 3.63) is 36.5 Å². The first kappa shape index (κ1) is 74.3. The van der Waals surface area contributed by atoms with Gasteiger partial charge in [-0.2, -0.15) is 0 Å². The zero-order chi connectivity index (χ0) is 59.7. The van der Waals surface area contributed by atoms with Crippen LogP contribution in [0.2, 0.25) is 0 Å². The minimum absolute atomic E-state index is 0.243. The number of hydrogen-bond donors (Lipinski definition) is 12. The third-order valence-electron chi connectivity index (χ3n) is 16.2. The minimum Gasteiger partial charge on any atom is -0.394 e. The SMILES string of the molecule is CCCCCCC/C=C\C/C=C\CCCCCCCCCCCCCCCC(=O)NC(COC1OC(CO)C(OC2OC(CO)C(OC3OC(CO)C(O)C(O)C3O)C(O)C2O)C(O)C1O)C(O)/C=C/CCCCCCCCCCCC. The molecule has 0 aromatic carbocycles. The molecule has 3 aliphatic rings. The van der Waals surface area contributed by atoms with E-state index in [0.717, 1.165) is 51.4 Å². The van der Waals surface area contributed by atoms with Crippen molar-refractivity contribution in [2.45, 2.75) is 330 Å². The average Bonchev–Trinajstić information content (AvgIpc) is 3.59. The summed E-state index contributed by atoms with van der Waals surface area (Å²) >= 11 is 0. The van der Waals surface area contributed by atoms with Gasteiger partial charge in [-0.25, -0.2) is 0 Å². The van der Waals surface area contributed by atoms with Crippen molar-refractivity contribution in [1.29, 1.82) is 0 Å². The fraction of sp³-hybridized carbons (Fsp3) is 0.889. The van der Waals surface area contributed by atoms with E-state index in [-0.39, 0.29) is 18.9 Å². The number of ether oxygens (including phenoxy) is 6. The second-order valence-corrected chi connectivity index (χ2v) is 23.2. The summed E-state index contributed by atoms with van der Waals surface area (Å²) in [4.78, 5) is 13.3. The van der Waals surface area contributed by atoms with Crippen molar-refractivity contribution in [2.75, 3.05) is 26.4 Å². The van der Waals surface area contributed by atoms with Crippen LogP contribution in [0, 0.1) is 0 Å². The maximum absolute atomic E-state index is 13.3. The largest absolute Gasteiger partial charge is 0.394 e. The standard InChI is InChI=1S/C63H115NO18/c1-3-5-7-9-11-13-15-17-18-19-20-21-22-23-24-25-26-27-28-29-31-33-35-37-39-41-51(69)64-46(47(68)40-38-36-34-32-30-16-14-12-10-8-6-4-2)45-77-61-57(75)54(72)59(49(43-66)79-61)82-63-58(76)55(73)60(50(44-67)80-63)81-62-56(74)53(71)52(70)48(42-65)78-62/h15,17,19-20,38,40,46-50,52-63,65-68,70-76H,3-14,16,18,21-37,39,41-45H2,1-2H3,(H,64,69)/b17-15-,20-19-,40-38+. The van der Waals surface area contributed by atoms with Gasteiger partial charge in [-0.15, -0.1) is 0 Å². The molecule has 3 saturated heterocycles. The van der Waals surface area contributed by atoms with E-state index in [1.807, 2.05) is 6.08 Å². The van der Waals surface area contributed by atoms with Crippen LogP contribution in [-0.2, 0) is 33.2 Å². The van der Waals surface area contributed by atoms with E-state index in [4.69, 9.17) is 28.4 Å². The molecule has 12 N–H and O–H groups in total. The molecule has 0 aliphatic carbocycles. The van der Waals surface area contributed by atoms with Gasteiger partial charge in [0.1, 0.15) is 73.2 Å². The molecule has 480 valence electrons. The number of unbranched alkanes of at least 4 members (excludes halogenated alkanes) is 28. The number of nitrogens with one attached hydrogen (secondary N) is 1. The van der Waals surface area contributed by atoms with Crippen LogP contribution < -0.4 is 5.32 Å². The van der Waals surface area contributed by atoms with Crippen LogP contribution in [0.3, 0.4) is 0 Å². The van der Waals surface area contributed by atoms with Gasteiger partial charge >= 0.3 is 0 Å². The highest BCUT2D eigenvalue weighted by atomic mass is 16.8. The zero-order valence-electron chi connectivity index (χ0n) is 50.2. The number of hydrogen-bond acceptors (Lipinski definition) is 18. The lowest BCUT2D eigenvalue weighted by Gasteiger charge is -2.48. The van der Waals surface area contributed by atoms with Crippen LogP contribution in [-0.4, -0.2) is 193 Å². The monoisotopic (exact) mass is 1170 g/mol. The highest BCUT2D eigenvalue weighted by molar-refractivity contribution is 5.76. The Kier molecular flexibility index (Phi) is 41.8. The molecule has 17 atom stereocenters. The first-order chi connectivity index (χ1) is 39.8.